The van der Waals surface area contributed by atoms with Gasteiger partial charge >= 0.3 is 5.97 Å². The smallest absolute Gasteiger partial charge is 0.338 e. The Morgan fingerprint density at radius 3 is 2.39 bits per heavy atom. The Morgan fingerprint density at radius 2 is 1.75 bits per heavy atom. The van der Waals surface area contributed by atoms with E-state index in [1.165, 1.54) is 24.3 Å². The molecule has 7 nitrogen and oxygen atoms in total. The van der Waals surface area contributed by atoms with Gasteiger partial charge in [0, 0.05) is 12.6 Å². The molecule has 0 bridgehead atoms. The number of esters is 1. The number of aryl methyl sites for hydroxylation is 1. The molecule has 0 fully saturated rings. The number of carbonyl (C=O) groups excluding carboxylic acids is 2. The van der Waals surface area contributed by atoms with Crippen LogP contribution in [0, 0.1) is 6.92 Å². The highest BCUT2D eigenvalue weighted by molar-refractivity contribution is 7.89. The highest BCUT2D eigenvalue weighted by Gasteiger charge is 2.18. The zero-order valence-electron chi connectivity index (χ0n) is 16.1. The summed E-state index contributed by atoms with van der Waals surface area (Å²) >= 11 is 0. The summed E-state index contributed by atoms with van der Waals surface area (Å²) in [5.74, 6) is -1.22. The molecule has 0 aromatic heterocycles. The Bertz CT molecular complexity index is 937. The molecule has 2 aromatic carbocycles. The Kier molecular flexibility index (Phi) is 7.31. The zero-order valence-corrected chi connectivity index (χ0v) is 16.9. The van der Waals surface area contributed by atoms with Crippen LogP contribution in [-0.2, 0) is 26.1 Å². The fraction of sp³-hybridized carbons (Fsp3) is 0.300. The first-order valence-electron chi connectivity index (χ1n) is 8.79. The number of rotatable bonds is 8. The molecule has 150 valence electrons. The lowest BCUT2D eigenvalue weighted by molar-refractivity contribution is -0.124. The molecule has 0 spiro atoms. The van der Waals surface area contributed by atoms with E-state index in [2.05, 4.69) is 10.0 Å². The summed E-state index contributed by atoms with van der Waals surface area (Å²) in [5.41, 5.74) is 2.11. The molecule has 0 aliphatic heterocycles. The molecule has 0 atom stereocenters. The number of ether oxygens (including phenoxy) is 1. The van der Waals surface area contributed by atoms with Gasteiger partial charge in [0.1, 0.15) is 0 Å². The van der Waals surface area contributed by atoms with Gasteiger partial charge in [0.05, 0.1) is 10.5 Å². The first kappa shape index (κ1) is 21.6. The molecule has 0 radical (unpaired) electrons. The Labute approximate surface area is 165 Å². The normalized spacial score (nSPS) is 11.3. The third-order valence-corrected chi connectivity index (χ3v) is 5.37. The highest BCUT2D eigenvalue weighted by Crippen LogP contribution is 2.13. The van der Waals surface area contributed by atoms with E-state index in [9.17, 15) is 18.0 Å². The van der Waals surface area contributed by atoms with Crippen LogP contribution in [0.3, 0.4) is 0 Å². The second-order valence-electron chi connectivity index (χ2n) is 6.64. The summed E-state index contributed by atoms with van der Waals surface area (Å²) in [6, 6.07) is 12.9. The maximum absolute atomic E-state index is 12.2. The van der Waals surface area contributed by atoms with Gasteiger partial charge in [-0.3, -0.25) is 4.79 Å². The van der Waals surface area contributed by atoms with Crippen molar-refractivity contribution in [2.45, 2.75) is 38.3 Å². The summed E-state index contributed by atoms with van der Waals surface area (Å²) in [4.78, 5) is 24.0. The Balaban J connectivity index is 1.91. The van der Waals surface area contributed by atoms with Crippen molar-refractivity contribution in [3.8, 4) is 0 Å². The minimum Gasteiger partial charge on any atom is -0.452 e. The third kappa shape index (κ3) is 6.47. The van der Waals surface area contributed by atoms with Gasteiger partial charge in [-0.15, -0.1) is 0 Å². The molecule has 2 aromatic rings. The van der Waals surface area contributed by atoms with E-state index in [0.29, 0.717) is 6.54 Å². The Morgan fingerprint density at radius 1 is 1.07 bits per heavy atom. The molecule has 1 amide bonds. The van der Waals surface area contributed by atoms with Crippen LogP contribution in [-0.4, -0.2) is 32.9 Å². The molecule has 2 N–H and O–H groups in total. The standard InChI is InChI=1S/C20H24N2O5S/c1-14(2)22-28(25,26)18-6-4-5-17(11-18)20(24)27-13-19(23)21-12-16-9-7-15(3)8-10-16/h4-11,14,22H,12-13H2,1-3H3,(H,21,23). The molecular weight excluding hydrogens is 380 g/mol. The molecule has 2 rings (SSSR count). The molecule has 0 saturated carbocycles. The van der Waals surface area contributed by atoms with Gasteiger partial charge < -0.3 is 10.1 Å². The lowest BCUT2D eigenvalue weighted by atomic mass is 10.1. The second-order valence-corrected chi connectivity index (χ2v) is 8.36. The summed E-state index contributed by atoms with van der Waals surface area (Å²) in [6.45, 7) is 5.24. The molecule has 8 heteroatoms. The van der Waals surface area contributed by atoms with Gasteiger partial charge in [0.15, 0.2) is 6.61 Å². The molecule has 28 heavy (non-hydrogen) atoms. The summed E-state index contributed by atoms with van der Waals surface area (Å²) in [6.07, 6.45) is 0. The first-order chi connectivity index (χ1) is 13.2. The van der Waals surface area contributed by atoms with Crippen LogP contribution in [0.25, 0.3) is 0 Å². The van der Waals surface area contributed by atoms with E-state index >= 15 is 0 Å². The number of sulfonamides is 1. The van der Waals surface area contributed by atoms with Crippen LogP contribution in [0.15, 0.2) is 53.4 Å². The van der Waals surface area contributed by atoms with Crippen LogP contribution in [0.5, 0.6) is 0 Å². The number of hydrogen-bond donors (Lipinski definition) is 2. The lowest BCUT2D eigenvalue weighted by Gasteiger charge is -2.11. The maximum atomic E-state index is 12.2. The van der Waals surface area contributed by atoms with E-state index in [1.807, 2.05) is 31.2 Å². The van der Waals surface area contributed by atoms with Crippen molar-refractivity contribution in [2.24, 2.45) is 0 Å². The first-order valence-corrected chi connectivity index (χ1v) is 10.3. The van der Waals surface area contributed by atoms with Gasteiger partial charge in [-0.1, -0.05) is 35.9 Å². The zero-order chi connectivity index (χ0) is 20.7. The maximum Gasteiger partial charge on any atom is 0.338 e. The van der Waals surface area contributed by atoms with Crippen LogP contribution in [0.4, 0.5) is 0 Å². The summed E-state index contributed by atoms with van der Waals surface area (Å²) < 4.78 is 31.8. The molecule has 0 unspecified atom stereocenters. The molecular formula is C20H24N2O5S. The van der Waals surface area contributed by atoms with Crippen molar-refractivity contribution in [3.63, 3.8) is 0 Å². The fourth-order valence-corrected chi connectivity index (χ4v) is 3.64. The van der Waals surface area contributed by atoms with Crippen molar-refractivity contribution < 1.29 is 22.7 Å². The van der Waals surface area contributed by atoms with Gasteiger partial charge in [-0.05, 0) is 44.5 Å². The van der Waals surface area contributed by atoms with Gasteiger partial charge in [0.25, 0.3) is 5.91 Å². The van der Waals surface area contributed by atoms with Gasteiger partial charge in [-0.2, -0.15) is 0 Å². The van der Waals surface area contributed by atoms with E-state index in [-0.39, 0.29) is 16.5 Å². The van der Waals surface area contributed by atoms with Crippen LogP contribution < -0.4 is 10.0 Å². The highest BCUT2D eigenvalue weighted by atomic mass is 32.2. The molecule has 0 saturated heterocycles. The largest absolute Gasteiger partial charge is 0.452 e. The number of hydrogen-bond acceptors (Lipinski definition) is 5. The predicted molar refractivity (Wildman–Crippen MR) is 105 cm³/mol. The topological polar surface area (TPSA) is 102 Å². The quantitative estimate of drug-likeness (QED) is 0.657. The van der Waals surface area contributed by atoms with Crippen molar-refractivity contribution >= 4 is 21.9 Å². The van der Waals surface area contributed by atoms with E-state index in [4.69, 9.17) is 4.74 Å². The third-order valence-electron chi connectivity index (χ3n) is 3.72. The number of carbonyl (C=O) groups is 2. The van der Waals surface area contributed by atoms with Crippen molar-refractivity contribution in [1.82, 2.24) is 10.0 Å². The van der Waals surface area contributed by atoms with Crippen molar-refractivity contribution in [2.75, 3.05) is 6.61 Å². The minimum atomic E-state index is -3.73. The van der Waals surface area contributed by atoms with Crippen LogP contribution >= 0.6 is 0 Å². The van der Waals surface area contributed by atoms with E-state index in [0.717, 1.165) is 11.1 Å². The minimum absolute atomic E-state index is 0.0422. The number of nitrogens with one attached hydrogen (secondary N) is 2. The van der Waals surface area contributed by atoms with Crippen molar-refractivity contribution in [3.05, 3.63) is 65.2 Å². The average molecular weight is 404 g/mol. The van der Waals surface area contributed by atoms with Crippen LogP contribution in [0.1, 0.15) is 35.3 Å². The van der Waals surface area contributed by atoms with Crippen molar-refractivity contribution in [1.29, 1.82) is 0 Å². The fourth-order valence-electron chi connectivity index (χ4n) is 2.34. The summed E-state index contributed by atoms with van der Waals surface area (Å²) in [7, 11) is -3.73. The SMILES string of the molecule is Cc1ccc(CNC(=O)COC(=O)c2cccc(S(=O)(=O)NC(C)C)c2)cc1. The predicted octanol–water partition coefficient (Wildman–Crippen LogP) is 2.15. The average Bonchev–Trinajstić information content (AvgIpc) is 2.64. The second kappa shape index (κ2) is 9.48. The lowest BCUT2D eigenvalue weighted by Crippen LogP contribution is -2.30. The van der Waals surface area contributed by atoms with Gasteiger partial charge in [0.2, 0.25) is 10.0 Å². The molecule has 0 heterocycles. The van der Waals surface area contributed by atoms with Crippen LogP contribution in [0.2, 0.25) is 0 Å². The number of amides is 1. The number of benzene rings is 2. The summed E-state index contributed by atoms with van der Waals surface area (Å²) in [5, 5.41) is 2.66. The van der Waals surface area contributed by atoms with Gasteiger partial charge in [-0.25, -0.2) is 17.9 Å². The molecule has 0 aliphatic carbocycles. The monoisotopic (exact) mass is 404 g/mol. The molecule has 0 aliphatic rings. The Hall–Kier alpha value is -2.71. The van der Waals surface area contributed by atoms with E-state index in [1.54, 1.807) is 13.8 Å². The van der Waals surface area contributed by atoms with E-state index < -0.39 is 28.5 Å².